The Bertz CT molecular complexity index is 623. The van der Waals surface area contributed by atoms with Crippen LogP contribution in [-0.2, 0) is 17.8 Å². The van der Waals surface area contributed by atoms with Crippen molar-refractivity contribution in [2.24, 2.45) is 0 Å². The molecule has 0 aliphatic rings. The number of nitrogens with one attached hydrogen (secondary N) is 1. The molecular weight excluding hydrogens is 306 g/mol. The molecule has 0 radical (unpaired) electrons. The van der Waals surface area contributed by atoms with E-state index in [0.717, 1.165) is 24.3 Å². The first-order valence-electron chi connectivity index (χ1n) is 7.92. The molecule has 0 unspecified atom stereocenters. The lowest BCUT2D eigenvalue weighted by atomic mass is 10.1. The molecule has 0 amide bonds. The van der Waals surface area contributed by atoms with Crippen molar-refractivity contribution in [1.82, 2.24) is 5.32 Å². The zero-order valence-electron chi connectivity index (χ0n) is 13.8. The normalized spacial score (nSPS) is 10.5. The van der Waals surface area contributed by atoms with E-state index in [-0.39, 0.29) is 0 Å². The maximum Gasteiger partial charge on any atom is 0.335 e. The van der Waals surface area contributed by atoms with Gasteiger partial charge < -0.3 is 19.9 Å². The van der Waals surface area contributed by atoms with Crippen molar-refractivity contribution in [2.45, 2.75) is 19.5 Å². The van der Waals surface area contributed by atoms with Crippen LogP contribution in [0.4, 0.5) is 0 Å². The van der Waals surface area contributed by atoms with Crippen LogP contribution in [0.15, 0.2) is 48.5 Å². The summed E-state index contributed by atoms with van der Waals surface area (Å²) in [4.78, 5) is 10.8. The summed E-state index contributed by atoms with van der Waals surface area (Å²) in [5.41, 5.74) is 2.53. The monoisotopic (exact) mass is 329 g/mol. The SMILES string of the molecule is COCCCOc1ccc(CNCc2ccc(C(=O)O)cc2)cc1. The topological polar surface area (TPSA) is 67.8 Å². The van der Waals surface area contributed by atoms with Crippen LogP contribution in [0, 0.1) is 0 Å². The van der Waals surface area contributed by atoms with E-state index in [9.17, 15) is 4.79 Å². The molecule has 0 spiro atoms. The smallest absolute Gasteiger partial charge is 0.335 e. The van der Waals surface area contributed by atoms with E-state index in [1.807, 2.05) is 36.4 Å². The number of hydrogen-bond donors (Lipinski definition) is 2. The highest BCUT2D eigenvalue weighted by Gasteiger charge is 2.01. The van der Waals surface area contributed by atoms with E-state index < -0.39 is 5.97 Å². The summed E-state index contributed by atoms with van der Waals surface area (Å²) in [5.74, 6) is -0.0434. The second-order valence-corrected chi connectivity index (χ2v) is 5.44. The standard InChI is InChI=1S/C19H23NO4/c1-23-11-2-12-24-18-9-5-16(6-10-18)14-20-13-15-3-7-17(8-4-15)19(21)22/h3-10,20H,2,11-14H2,1H3,(H,21,22). The molecule has 2 aromatic carbocycles. The van der Waals surface area contributed by atoms with Gasteiger partial charge in [-0.1, -0.05) is 24.3 Å². The van der Waals surface area contributed by atoms with Crippen LogP contribution in [0.5, 0.6) is 5.75 Å². The van der Waals surface area contributed by atoms with Gasteiger partial charge in [-0.3, -0.25) is 0 Å². The van der Waals surface area contributed by atoms with E-state index in [1.54, 1.807) is 19.2 Å². The molecule has 0 aliphatic carbocycles. The number of carboxylic acid groups (broad SMARTS) is 1. The van der Waals surface area contributed by atoms with Gasteiger partial charge in [-0.05, 0) is 35.4 Å². The van der Waals surface area contributed by atoms with Crippen LogP contribution < -0.4 is 10.1 Å². The number of hydrogen-bond acceptors (Lipinski definition) is 4. The molecule has 0 saturated heterocycles. The van der Waals surface area contributed by atoms with Crippen LogP contribution in [-0.4, -0.2) is 31.4 Å². The summed E-state index contributed by atoms with van der Waals surface area (Å²) in [6, 6.07) is 14.9. The van der Waals surface area contributed by atoms with Crippen molar-refractivity contribution in [2.75, 3.05) is 20.3 Å². The summed E-state index contributed by atoms with van der Waals surface area (Å²) in [7, 11) is 1.68. The average Bonchev–Trinajstić information content (AvgIpc) is 2.60. The van der Waals surface area contributed by atoms with Gasteiger partial charge >= 0.3 is 5.97 Å². The number of carboxylic acids is 1. The summed E-state index contributed by atoms with van der Waals surface area (Å²) in [6.07, 6.45) is 0.875. The quantitative estimate of drug-likeness (QED) is 0.656. The third-order valence-corrected chi connectivity index (χ3v) is 3.54. The lowest BCUT2D eigenvalue weighted by molar-refractivity contribution is 0.0697. The fraction of sp³-hybridized carbons (Fsp3) is 0.316. The highest BCUT2D eigenvalue weighted by atomic mass is 16.5. The molecule has 0 aromatic heterocycles. The van der Waals surface area contributed by atoms with Crippen molar-refractivity contribution in [3.05, 3.63) is 65.2 Å². The Morgan fingerprint density at radius 1 is 0.958 bits per heavy atom. The first-order valence-corrected chi connectivity index (χ1v) is 7.92. The van der Waals surface area contributed by atoms with Crippen molar-refractivity contribution in [3.8, 4) is 5.75 Å². The minimum atomic E-state index is -0.904. The highest BCUT2D eigenvalue weighted by Crippen LogP contribution is 2.12. The molecule has 5 heteroatoms. The van der Waals surface area contributed by atoms with E-state index in [0.29, 0.717) is 25.3 Å². The highest BCUT2D eigenvalue weighted by molar-refractivity contribution is 5.87. The van der Waals surface area contributed by atoms with Crippen LogP contribution in [0.25, 0.3) is 0 Å². The molecule has 24 heavy (non-hydrogen) atoms. The summed E-state index contributed by atoms with van der Waals surface area (Å²) >= 11 is 0. The van der Waals surface area contributed by atoms with Crippen molar-refractivity contribution in [3.63, 3.8) is 0 Å². The van der Waals surface area contributed by atoms with Crippen LogP contribution in [0.1, 0.15) is 27.9 Å². The fourth-order valence-electron chi connectivity index (χ4n) is 2.21. The van der Waals surface area contributed by atoms with Gasteiger partial charge in [-0.25, -0.2) is 4.79 Å². The molecule has 0 fully saturated rings. The Labute approximate surface area is 142 Å². The van der Waals surface area contributed by atoms with Crippen molar-refractivity contribution in [1.29, 1.82) is 0 Å². The molecule has 2 aromatic rings. The Balaban J connectivity index is 1.73. The molecule has 5 nitrogen and oxygen atoms in total. The number of benzene rings is 2. The Morgan fingerprint density at radius 2 is 1.54 bits per heavy atom. The van der Waals surface area contributed by atoms with Gasteiger partial charge in [0, 0.05) is 33.2 Å². The predicted octanol–water partition coefficient (Wildman–Crippen LogP) is 3.09. The second kappa shape index (κ2) is 9.70. The van der Waals surface area contributed by atoms with Gasteiger partial charge in [0.15, 0.2) is 0 Å². The van der Waals surface area contributed by atoms with Crippen LogP contribution >= 0.6 is 0 Å². The maximum absolute atomic E-state index is 10.8. The molecule has 0 aliphatic heterocycles. The number of methoxy groups -OCH3 is 1. The summed E-state index contributed by atoms with van der Waals surface area (Å²) < 4.78 is 10.6. The van der Waals surface area contributed by atoms with Crippen LogP contribution in [0.2, 0.25) is 0 Å². The predicted molar refractivity (Wildman–Crippen MR) is 92.4 cm³/mol. The molecular formula is C19H23NO4. The van der Waals surface area contributed by atoms with E-state index >= 15 is 0 Å². The summed E-state index contributed by atoms with van der Waals surface area (Å²) in [5, 5.41) is 12.2. The largest absolute Gasteiger partial charge is 0.494 e. The number of aromatic carboxylic acids is 1. The molecule has 0 bridgehead atoms. The molecule has 0 atom stereocenters. The van der Waals surface area contributed by atoms with Gasteiger partial charge in [-0.15, -0.1) is 0 Å². The number of rotatable bonds is 10. The number of carbonyl (C=O) groups is 1. The molecule has 128 valence electrons. The molecule has 2 N–H and O–H groups in total. The van der Waals surface area contributed by atoms with E-state index in [2.05, 4.69) is 5.32 Å². The Morgan fingerprint density at radius 3 is 2.08 bits per heavy atom. The van der Waals surface area contributed by atoms with Gasteiger partial charge in [0.05, 0.1) is 12.2 Å². The molecule has 0 saturated carbocycles. The van der Waals surface area contributed by atoms with Gasteiger partial charge in [0.25, 0.3) is 0 Å². The minimum Gasteiger partial charge on any atom is -0.494 e. The average molecular weight is 329 g/mol. The van der Waals surface area contributed by atoms with Crippen LogP contribution in [0.3, 0.4) is 0 Å². The molecule has 2 rings (SSSR count). The number of ether oxygens (including phenoxy) is 2. The summed E-state index contributed by atoms with van der Waals surface area (Å²) in [6.45, 7) is 2.78. The van der Waals surface area contributed by atoms with Gasteiger partial charge in [-0.2, -0.15) is 0 Å². The van der Waals surface area contributed by atoms with E-state index in [1.165, 1.54) is 5.56 Å². The van der Waals surface area contributed by atoms with Crippen molar-refractivity contribution >= 4 is 5.97 Å². The van der Waals surface area contributed by atoms with E-state index in [4.69, 9.17) is 14.6 Å². The third-order valence-electron chi connectivity index (χ3n) is 3.54. The first-order chi connectivity index (χ1) is 11.7. The zero-order chi connectivity index (χ0) is 17.2. The fourth-order valence-corrected chi connectivity index (χ4v) is 2.21. The lowest BCUT2D eigenvalue weighted by Gasteiger charge is -2.08. The second-order valence-electron chi connectivity index (χ2n) is 5.44. The zero-order valence-corrected chi connectivity index (χ0v) is 13.8. The third kappa shape index (κ3) is 6.02. The Kier molecular flexibility index (Phi) is 7.26. The first kappa shape index (κ1) is 18.0. The maximum atomic E-state index is 10.8. The minimum absolute atomic E-state index is 0.305. The Hall–Kier alpha value is -2.37. The van der Waals surface area contributed by atoms with Crippen molar-refractivity contribution < 1.29 is 19.4 Å². The van der Waals surface area contributed by atoms with Gasteiger partial charge in [0.2, 0.25) is 0 Å². The van der Waals surface area contributed by atoms with Gasteiger partial charge in [0.1, 0.15) is 5.75 Å². The lowest BCUT2D eigenvalue weighted by Crippen LogP contribution is -2.12. The molecule has 0 heterocycles.